The van der Waals surface area contributed by atoms with Crippen LogP contribution in [0.1, 0.15) is 48.3 Å². The van der Waals surface area contributed by atoms with Crippen molar-refractivity contribution in [2.75, 3.05) is 19.6 Å². The van der Waals surface area contributed by atoms with E-state index in [9.17, 15) is 9.90 Å². The predicted molar refractivity (Wildman–Crippen MR) is 108 cm³/mol. The monoisotopic (exact) mass is 392 g/mol. The van der Waals surface area contributed by atoms with Gasteiger partial charge in [-0.15, -0.1) is 12.4 Å². The van der Waals surface area contributed by atoms with Gasteiger partial charge in [0.25, 0.3) is 5.91 Å². The van der Waals surface area contributed by atoms with Crippen LogP contribution in [0, 0.1) is 0 Å². The third-order valence-electron chi connectivity index (χ3n) is 4.88. The molecule has 1 aliphatic heterocycles. The second-order valence-corrected chi connectivity index (χ2v) is 6.91. The number of piperidine rings is 1. The number of hydrogen-bond donors (Lipinski definition) is 2. The SMILES string of the molecule is CCC(O)CN(Cc1ccccc1)C(=O)c1ccn(C2CCCNC2)n1.Cl. The van der Waals surface area contributed by atoms with Gasteiger partial charge in [0.2, 0.25) is 0 Å². The second-order valence-electron chi connectivity index (χ2n) is 6.91. The molecule has 2 aromatic rings. The average Bonchev–Trinajstić information content (AvgIpc) is 3.18. The molecule has 2 unspecified atom stereocenters. The molecule has 6 nitrogen and oxygen atoms in total. The first-order chi connectivity index (χ1) is 12.7. The van der Waals surface area contributed by atoms with E-state index < -0.39 is 6.10 Å². The van der Waals surface area contributed by atoms with Gasteiger partial charge < -0.3 is 15.3 Å². The molecule has 0 saturated carbocycles. The molecule has 1 aliphatic rings. The number of aromatic nitrogens is 2. The first-order valence-electron chi connectivity index (χ1n) is 9.44. The normalized spacial score (nSPS) is 17.8. The molecule has 0 spiro atoms. The van der Waals surface area contributed by atoms with Crippen molar-refractivity contribution in [1.82, 2.24) is 20.0 Å². The second kappa shape index (κ2) is 10.4. The van der Waals surface area contributed by atoms with Crippen molar-refractivity contribution in [3.8, 4) is 0 Å². The highest BCUT2D eigenvalue weighted by atomic mass is 35.5. The molecule has 148 valence electrons. The maximum absolute atomic E-state index is 13.0. The number of hydrogen-bond acceptors (Lipinski definition) is 4. The van der Waals surface area contributed by atoms with Crippen LogP contribution in [0.2, 0.25) is 0 Å². The van der Waals surface area contributed by atoms with E-state index in [1.807, 2.05) is 48.1 Å². The molecule has 1 aromatic heterocycles. The lowest BCUT2D eigenvalue weighted by Gasteiger charge is -2.25. The van der Waals surface area contributed by atoms with Gasteiger partial charge in [0.1, 0.15) is 5.69 Å². The van der Waals surface area contributed by atoms with Crippen LogP contribution in [-0.4, -0.2) is 51.4 Å². The van der Waals surface area contributed by atoms with E-state index in [4.69, 9.17) is 0 Å². The first kappa shape index (κ1) is 21.4. The summed E-state index contributed by atoms with van der Waals surface area (Å²) in [5.74, 6) is -0.135. The molecule has 0 aliphatic carbocycles. The minimum Gasteiger partial charge on any atom is -0.391 e. The van der Waals surface area contributed by atoms with Crippen LogP contribution in [0.4, 0.5) is 0 Å². The molecule has 1 amide bonds. The van der Waals surface area contributed by atoms with Crippen LogP contribution in [0.5, 0.6) is 0 Å². The zero-order valence-electron chi connectivity index (χ0n) is 15.8. The fourth-order valence-corrected chi connectivity index (χ4v) is 3.28. The lowest BCUT2D eigenvalue weighted by molar-refractivity contribution is 0.0592. The minimum atomic E-state index is -0.535. The Kier molecular flexibility index (Phi) is 8.28. The number of benzene rings is 1. The maximum Gasteiger partial charge on any atom is 0.274 e. The number of amides is 1. The van der Waals surface area contributed by atoms with Gasteiger partial charge in [-0.1, -0.05) is 37.3 Å². The summed E-state index contributed by atoms with van der Waals surface area (Å²) >= 11 is 0. The van der Waals surface area contributed by atoms with Crippen LogP contribution >= 0.6 is 12.4 Å². The van der Waals surface area contributed by atoms with Crippen LogP contribution in [-0.2, 0) is 6.54 Å². The van der Waals surface area contributed by atoms with Gasteiger partial charge in [-0.05, 0) is 37.4 Å². The van der Waals surface area contributed by atoms with E-state index in [1.165, 1.54) is 0 Å². The van der Waals surface area contributed by atoms with Crippen molar-refractivity contribution in [1.29, 1.82) is 0 Å². The summed E-state index contributed by atoms with van der Waals surface area (Å²) < 4.78 is 1.90. The van der Waals surface area contributed by atoms with Gasteiger partial charge in [-0.2, -0.15) is 5.10 Å². The molecule has 0 bridgehead atoms. The van der Waals surface area contributed by atoms with Crippen molar-refractivity contribution < 1.29 is 9.90 Å². The van der Waals surface area contributed by atoms with Gasteiger partial charge in [0.15, 0.2) is 0 Å². The van der Waals surface area contributed by atoms with Gasteiger partial charge in [0, 0.05) is 25.8 Å². The van der Waals surface area contributed by atoms with Crippen molar-refractivity contribution in [3.63, 3.8) is 0 Å². The Bertz CT molecular complexity index is 701. The fraction of sp³-hybridized carbons (Fsp3) is 0.500. The van der Waals surface area contributed by atoms with E-state index in [0.29, 0.717) is 31.2 Å². The van der Waals surface area contributed by atoms with Crippen molar-refractivity contribution in [2.45, 2.75) is 44.9 Å². The third-order valence-corrected chi connectivity index (χ3v) is 4.88. The molecule has 2 N–H and O–H groups in total. The molecule has 2 atom stereocenters. The number of rotatable bonds is 7. The molecule has 27 heavy (non-hydrogen) atoms. The summed E-state index contributed by atoms with van der Waals surface area (Å²) in [5.41, 5.74) is 1.48. The van der Waals surface area contributed by atoms with Crippen molar-refractivity contribution in [2.24, 2.45) is 0 Å². The molecule has 1 fully saturated rings. The van der Waals surface area contributed by atoms with Gasteiger partial charge in [-0.3, -0.25) is 9.48 Å². The van der Waals surface area contributed by atoms with Crippen molar-refractivity contribution in [3.05, 3.63) is 53.9 Å². The summed E-state index contributed by atoms with van der Waals surface area (Å²) in [6, 6.07) is 11.9. The number of aliphatic hydroxyl groups excluding tert-OH is 1. The van der Waals surface area contributed by atoms with Gasteiger partial charge in [-0.25, -0.2) is 0 Å². The number of carbonyl (C=O) groups excluding carboxylic acids is 1. The Labute approximate surface area is 167 Å². The van der Waals surface area contributed by atoms with E-state index in [2.05, 4.69) is 10.4 Å². The van der Waals surface area contributed by atoms with Gasteiger partial charge >= 0.3 is 0 Å². The van der Waals surface area contributed by atoms with Crippen LogP contribution in [0.15, 0.2) is 42.6 Å². The van der Waals surface area contributed by atoms with Gasteiger partial charge in [0.05, 0.1) is 12.1 Å². The third kappa shape index (κ3) is 5.79. The molecule has 2 heterocycles. The maximum atomic E-state index is 13.0. The summed E-state index contributed by atoms with van der Waals surface area (Å²) in [6.07, 6.45) is 4.16. The predicted octanol–water partition coefficient (Wildman–Crippen LogP) is 2.64. The summed E-state index contributed by atoms with van der Waals surface area (Å²) in [4.78, 5) is 14.7. The molecular weight excluding hydrogens is 364 g/mol. The van der Waals surface area contributed by atoms with Crippen molar-refractivity contribution >= 4 is 18.3 Å². The number of carbonyl (C=O) groups is 1. The minimum absolute atomic E-state index is 0. The van der Waals surface area contributed by atoms with Crippen LogP contribution in [0.3, 0.4) is 0 Å². The lowest BCUT2D eigenvalue weighted by Crippen LogP contribution is -2.37. The van der Waals surface area contributed by atoms with E-state index >= 15 is 0 Å². The van der Waals surface area contributed by atoms with E-state index in [-0.39, 0.29) is 18.3 Å². The largest absolute Gasteiger partial charge is 0.391 e. The topological polar surface area (TPSA) is 70.4 Å². The van der Waals surface area contributed by atoms with Crippen LogP contribution < -0.4 is 5.32 Å². The lowest BCUT2D eigenvalue weighted by atomic mass is 10.1. The summed E-state index contributed by atoms with van der Waals surface area (Å²) in [5, 5.41) is 18.0. The summed E-state index contributed by atoms with van der Waals surface area (Å²) in [6.45, 7) is 4.62. The fourth-order valence-electron chi connectivity index (χ4n) is 3.28. The molecule has 7 heteroatoms. The van der Waals surface area contributed by atoms with E-state index in [0.717, 1.165) is 31.5 Å². The quantitative estimate of drug-likeness (QED) is 0.759. The standard InChI is InChI=1S/C20H28N4O2.ClH/c1-2-18(25)15-23(14-16-7-4-3-5-8-16)20(26)19-10-12-24(22-19)17-9-6-11-21-13-17;/h3-5,7-8,10,12,17-18,21,25H,2,6,9,11,13-15H2,1H3;1H. The zero-order chi connectivity index (χ0) is 18.4. The molecule has 1 aromatic carbocycles. The Morgan fingerprint density at radius 2 is 2.15 bits per heavy atom. The number of nitrogens with one attached hydrogen (secondary N) is 1. The number of aliphatic hydroxyl groups is 1. The summed E-state index contributed by atoms with van der Waals surface area (Å²) in [7, 11) is 0. The Balaban J connectivity index is 0.00000261. The highest BCUT2D eigenvalue weighted by Crippen LogP contribution is 2.17. The Morgan fingerprint density at radius 3 is 2.81 bits per heavy atom. The Hall–Kier alpha value is -1.89. The first-order valence-corrected chi connectivity index (χ1v) is 9.44. The molecular formula is C20H29ClN4O2. The van der Waals surface area contributed by atoms with Crippen LogP contribution in [0.25, 0.3) is 0 Å². The molecule has 3 rings (SSSR count). The van der Waals surface area contributed by atoms with E-state index in [1.54, 1.807) is 11.0 Å². The average molecular weight is 393 g/mol. The number of nitrogens with zero attached hydrogens (tertiary/aromatic N) is 3. The highest BCUT2D eigenvalue weighted by molar-refractivity contribution is 5.92. The molecule has 0 radical (unpaired) electrons. The number of halogens is 1. The zero-order valence-corrected chi connectivity index (χ0v) is 16.6. The Morgan fingerprint density at radius 1 is 1.37 bits per heavy atom. The smallest absolute Gasteiger partial charge is 0.274 e. The molecule has 1 saturated heterocycles. The highest BCUT2D eigenvalue weighted by Gasteiger charge is 2.23.